The molecule has 0 aliphatic carbocycles. The van der Waals surface area contributed by atoms with E-state index in [1.165, 1.54) is 0 Å². The van der Waals surface area contributed by atoms with Crippen molar-refractivity contribution in [3.05, 3.63) is 53.0 Å². The number of aromatic nitrogens is 2. The van der Waals surface area contributed by atoms with Crippen molar-refractivity contribution in [1.82, 2.24) is 14.5 Å². The molecule has 2 heterocycles. The number of aryl methyl sites for hydroxylation is 1. The van der Waals surface area contributed by atoms with E-state index in [9.17, 15) is 4.79 Å². The Labute approximate surface area is 166 Å². The van der Waals surface area contributed by atoms with Gasteiger partial charge in [-0.3, -0.25) is 0 Å². The molecule has 2 aromatic carbocycles. The van der Waals surface area contributed by atoms with Crippen LogP contribution in [0.2, 0.25) is 0 Å². The topological polar surface area (TPSA) is 53.4 Å². The maximum Gasteiger partial charge on any atom is 0.321 e. The molecule has 27 heavy (non-hydrogen) atoms. The summed E-state index contributed by atoms with van der Waals surface area (Å²) in [6.45, 7) is 5.91. The highest BCUT2D eigenvalue weighted by Gasteiger charge is 2.24. The van der Waals surface area contributed by atoms with E-state index in [1.807, 2.05) is 47.4 Å². The van der Waals surface area contributed by atoms with Gasteiger partial charge in [0.05, 0.1) is 11.0 Å². The smallest absolute Gasteiger partial charge is 0.321 e. The Hall–Kier alpha value is -2.54. The number of nitrogens with zero attached hydrogens (tertiary/aromatic N) is 4. The number of anilines is 2. The Bertz CT molecular complexity index is 962. The van der Waals surface area contributed by atoms with Gasteiger partial charge in [-0.05, 0) is 37.3 Å². The number of carbonyl (C=O) groups excluding carboxylic acids is 1. The standard InChI is InChI=1S/C20H22BrN5O/c1-2-26-18-9-4-3-8-17(18)23-19(26)24-10-12-25(13-11-24)20(27)22-16-7-5-6-15(21)14-16/h3-9,14H,2,10-13H2,1H3,(H,22,27). The second kappa shape index (κ2) is 7.60. The van der Waals surface area contributed by atoms with Crippen molar-refractivity contribution in [2.75, 3.05) is 36.4 Å². The zero-order chi connectivity index (χ0) is 18.8. The van der Waals surface area contributed by atoms with Gasteiger partial charge in [0.1, 0.15) is 0 Å². The first-order valence-electron chi connectivity index (χ1n) is 9.17. The van der Waals surface area contributed by atoms with Gasteiger partial charge in [-0.2, -0.15) is 0 Å². The number of nitrogens with one attached hydrogen (secondary N) is 1. The maximum absolute atomic E-state index is 12.5. The zero-order valence-electron chi connectivity index (χ0n) is 15.2. The van der Waals surface area contributed by atoms with Crippen LogP contribution in [0.4, 0.5) is 16.4 Å². The largest absolute Gasteiger partial charge is 0.339 e. The number of benzene rings is 2. The predicted octanol–water partition coefficient (Wildman–Crippen LogP) is 4.17. The summed E-state index contributed by atoms with van der Waals surface area (Å²) in [4.78, 5) is 21.5. The first-order chi connectivity index (χ1) is 13.2. The summed E-state index contributed by atoms with van der Waals surface area (Å²) in [5.74, 6) is 0.991. The Morgan fingerprint density at radius 1 is 1.11 bits per heavy atom. The molecule has 2 amide bonds. The van der Waals surface area contributed by atoms with E-state index in [-0.39, 0.29) is 6.03 Å². The minimum atomic E-state index is -0.0586. The van der Waals surface area contributed by atoms with Crippen molar-refractivity contribution < 1.29 is 4.79 Å². The highest BCUT2D eigenvalue weighted by Crippen LogP contribution is 2.24. The number of para-hydroxylation sites is 2. The summed E-state index contributed by atoms with van der Waals surface area (Å²) in [7, 11) is 0. The van der Waals surface area contributed by atoms with Crippen LogP contribution in [0, 0.1) is 0 Å². The van der Waals surface area contributed by atoms with E-state index in [1.54, 1.807) is 0 Å². The predicted molar refractivity (Wildman–Crippen MR) is 112 cm³/mol. The van der Waals surface area contributed by atoms with Gasteiger partial charge in [-0.1, -0.05) is 34.1 Å². The third kappa shape index (κ3) is 3.64. The lowest BCUT2D eigenvalue weighted by atomic mass is 10.3. The number of hydrogen-bond donors (Lipinski definition) is 1. The molecule has 1 N–H and O–H groups in total. The van der Waals surface area contributed by atoms with Crippen LogP contribution in [0.1, 0.15) is 6.92 Å². The molecule has 4 rings (SSSR count). The number of amides is 2. The lowest BCUT2D eigenvalue weighted by Gasteiger charge is -2.35. The number of urea groups is 1. The molecule has 0 bridgehead atoms. The minimum Gasteiger partial charge on any atom is -0.339 e. The molecule has 0 spiro atoms. The van der Waals surface area contributed by atoms with E-state index in [0.29, 0.717) is 13.1 Å². The third-order valence-corrected chi connectivity index (χ3v) is 5.37. The normalized spacial score (nSPS) is 14.6. The fourth-order valence-corrected chi connectivity index (χ4v) is 3.89. The summed E-state index contributed by atoms with van der Waals surface area (Å²) in [6, 6.07) is 15.8. The summed E-state index contributed by atoms with van der Waals surface area (Å²) in [5.41, 5.74) is 2.97. The van der Waals surface area contributed by atoms with Crippen LogP contribution in [-0.4, -0.2) is 46.7 Å². The number of piperazine rings is 1. The molecule has 1 aliphatic rings. The van der Waals surface area contributed by atoms with Gasteiger partial charge >= 0.3 is 6.03 Å². The molecule has 0 saturated carbocycles. The minimum absolute atomic E-state index is 0.0586. The molecule has 1 saturated heterocycles. The second-order valence-corrected chi connectivity index (χ2v) is 7.48. The number of rotatable bonds is 3. The molecule has 0 atom stereocenters. The maximum atomic E-state index is 12.5. The van der Waals surface area contributed by atoms with E-state index in [4.69, 9.17) is 4.98 Å². The van der Waals surface area contributed by atoms with Gasteiger partial charge in [0, 0.05) is 42.9 Å². The Balaban J connectivity index is 1.44. The molecule has 0 unspecified atom stereocenters. The molecule has 1 aliphatic heterocycles. The number of hydrogen-bond acceptors (Lipinski definition) is 3. The Kier molecular flexibility index (Phi) is 5.03. The number of imidazole rings is 1. The van der Waals surface area contributed by atoms with Crippen LogP contribution < -0.4 is 10.2 Å². The van der Waals surface area contributed by atoms with Crippen molar-refractivity contribution in [1.29, 1.82) is 0 Å². The molecule has 140 valence electrons. The molecule has 6 nitrogen and oxygen atoms in total. The molecule has 7 heteroatoms. The van der Waals surface area contributed by atoms with Gasteiger partial charge in [-0.15, -0.1) is 0 Å². The van der Waals surface area contributed by atoms with Crippen LogP contribution in [0.5, 0.6) is 0 Å². The van der Waals surface area contributed by atoms with Gasteiger partial charge in [0.2, 0.25) is 5.95 Å². The van der Waals surface area contributed by atoms with Crippen LogP contribution in [-0.2, 0) is 6.54 Å². The molecule has 1 fully saturated rings. The number of carbonyl (C=O) groups is 1. The fourth-order valence-electron chi connectivity index (χ4n) is 3.49. The second-order valence-electron chi connectivity index (χ2n) is 6.56. The van der Waals surface area contributed by atoms with Crippen molar-refractivity contribution in [2.24, 2.45) is 0 Å². The average Bonchev–Trinajstić information content (AvgIpc) is 3.06. The lowest BCUT2D eigenvalue weighted by molar-refractivity contribution is 0.208. The first kappa shape index (κ1) is 17.9. The van der Waals surface area contributed by atoms with Crippen molar-refractivity contribution in [2.45, 2.75) is 13.5 Å². The molecule has 1 aromatic heterocycles. The van der Waals surface area contributed by atoms with Crippen LogP contribution in [0.3, 0.4) is 0 Å². The highest BCUT2D eigenvalue weighted by molar-refractivity contribution is 9.10. The molecular weight excluding hydrogens is 406 g/mol. The monoisotopic (exact) mass is 427 g/mol. The Morgan fingerprint density at radius 3 is 2.63 bits per heavy atom. The summed E-state index contributed by atoms with van der Waals surface area (Å²) < 4.78 is 3.19. The quantitative estimate of drug-likeness (QED) is 0.681. The third-order valence-electron chi connectivity index (χ3n) is 4.88. The van der Waals surface area contributed by atoms with E-state index in [0.717, 1.165) is 46.8 Å². The fraction of sp³-hybridized carbons (Fsp3) is 0.300. The van der Waals surface area contributed by atoms with Crippen LogP contribution >= 0.6 is 15.9 Å². The molecule has 0 radical (unpaired) electrons. The van der Waals surface area contributed by atoms with Crippen LogP contribution in [0.25, 0.3) is 11.0 Å². The number of fused-ring (bicyclic) bond motifs is 1. The van der Waals surface area contributed by atoms with E-state index < -0.39 is 0 Å². The summed E-state index contributed by atoms with van der Waals surface area (Å²) in [6.07, 6.45) is 0. The summed E-state index contributed by atoms with van der Waals surface area (Å²) >= 11 is 3.43. The first-order valence-corrected chi connectivity index (χ1v) is 9.96. The van der Waals surface area contributed by atoms with Gasteiger partial charge < -0.3 is 19.7 Å². The van der Waals surface area contributed by atoms with Crippen molar-refractivity contribution in [3.8, 4) is 0 Å². The van der Waals surface area contributed by atoms with E-state index in [2.05, 4.69) is 43.7 Å². The SMILES string of the molecule is CCn1c(N2CCN(C(=O)Nc3cccc(Br)c3)CC2)nc2ccccc21. The van der Waals surface area contributed by atoms with Crippen molar-refractivity contribution >= 4 is 44.6 Å². The molecular formula is C20H22BrN5O. The Morgan fingerprint density at radius 2 is 1.89 bits per heavy atom. The molecule has 3 aromatic rings. The van der Waals surface area contributed by atoms with Crippen LogP contribution in [0.15, 0.2) is 53.0 Å². The average molecular weight is 428 g/mol. The van der Waals surface area contributed by atoms with Gasteiger partial charge in [0.15, 0.2) is 0 Å². The van der Waals surface area contributed by atoms with Gasteiger partial charge in [-0.25, -0.2) is 9.78 Å². The number of halogens is 1. The van der Waals surface area contributed by atoms with Gasteiger partial charge in [0.25, 0.3) is 0 Å². The highest BCUT2D eigenvalue weighted by atomic mass is 79.9. The lowest BCUT2D eigenvalue weighted by Crippen LogP contribution is -2.50. The zero-order valence-corrected chi connectivity index (χ0v) is 16.8. The summed E-state index contributed by atoms with van der Waals surface area (Å²) in [5, 5.41) is 2.97. The van der Waals surface area contributed by atoms with E-state index >= 15 is 0 Å². The van der Waals surface area contributed by atoms with Crippen molar-refractivity contribution in [3.63, 3.8) is 0 Å².